The molecule has 5 rings (SSSR count). The lowest BCUT2D eigenvalue weighted by Crippen LogP contribution is -2.53. The van der Waals surface area contributed by atoms with Crippen molar-refractivity contribution in [1.82, 2.24) is 9.88 Å². The molecule has 2 fully saturated rings. The number of para-hydroxylation sites is 1. The second-order valence-electron chi connectivity index (χ2n) is 11.2. The lowest BCUT2D eigenvalue weighted by Gasteiger charge is -2.42. The summed E-state index contributed by atoms with van der Waals surface area (Å²) in [7, 11) is 3.75. The van der Waals surface area contributed by atoms with E-state index in [1.165, 1.54) is 16.7 Å². The van der Waals surface area contributed by atoms with Crippen LogP contribution in [-0.2, 0) is 15.8 Å². The molecule has 4 atom stereocenters. The monoisotopic (exact) mass is 563 g/mol. The van der Waals surface area contributed by atoms with E-state index in [4.69, 9.17) is 11.6 Å². The molecule has 11 heteroatoms. The van der Waals surface area contributed by atoms with Gasteiger partial charge in [-0.3, -0.25) is 14.5 Å². The number of carbonyl (C=O) groups excluding carboxylic acids is 2. The largest absolute Gasteiger partial charge is 0.416 e. The fourth-order valence-corrected chi connectivity index (χ4v) is 6.58. The number of piperidine rings is 1. The summed E-state index contributed by atoms with van der Waals surface area (Å²) in [6.45, 7) is 5.72. The first-order valence-electron chi connectivity index (χ1n) is 13.2. The maximum Gasteiger partial charge on any atom is 0.416 e. The summed E-state index contributed by atoms with van der Waals surface area (Å²) in [5.74, 6) is -0.997. The Kier molecular flexibility index (Phi) is 7.30. The van der Waals surface area contributed by atoms with Crippen LogP contribution in [-0.4, -0.2) is 67.5 Å². The van der Waals surface area contributed by atoms with Gasteiger partial charge in [0, 0.05) is 44.2 Å². The van der Waals surface area contributed by atoms with E-state index in [0.717, 1.165) is 37.2 Å². The predicted octanol–water partition coefficient (Wildman–Crippen LogP) is 5.00. The number of likely N-dealkylation sites (tertiary alicyclic amines) is 1. The van der Waals surface area contributed by atoms with Gasteiger partial charge in [0.25, 0.3) is 0 Å². The smallest absolute Gasteiger partial charge is 0.368 e. The molecule has 1 aromatic heterocycles. The molecule has 0 aliphatic carbocycles. The number of fused-ring (bicyclic) bond motifs is 2. The second-order valence-corrected chi connectivity index (χ2v) is 11.6. The molecule has 3 aliphatic heterocycles. The Balaban J connectivity index is 1.56. The number of alkyl halides is 3. The molecule has 7 nitrogen and oxygen atoms in total. The third kappa shape index (κ3) is 5.20. The number of aryl methyl sites for hydroxylation is 1. The molecule has 0 spiro atoms. The van der Waals surface area contributed by atoms with Gasteiger partial charge < -0.3 is 14.7 Å². The summed E-state index contributed by atoms with van der Waals surface area (Å²) >= 11 is 6.74. The molecular formula is C28H33ClF3N5O2. The molecule has 210 valence electrons. The summed E-state index contributed by atoms with van der Waals surface area (Å²) in [4.78, 5) is 38.8. The number of benzene rings is 1. The Labute approximate surface area is 231 Å². The fraction of sp³-hybridized carbons (Fsp3) is 0.536. The molecular weight excluding hydrogens is 531 g/mol. The van der Waals surface area contributed by atoms with Crippen LogP contribution in [0.5, 0.6) is 0 Å². The number of hydrogen-bond acceptors (Lipinski definition) is 5. The van der Waals surface area contributed by atoms with Crippen LogP contribution in [0.1, 0.15) is 37.4 Å². The molecule has 0 bridgehead atoms. The van der Waals surface area contributed by atoms with Crippen LogP contribution >= 0.6 is 11.6 Å². The highest BCUT2D eigenvalue weighted by Gasteiger charge is 2.49. The van der Waals surface area contributed by atoms with Crippen molar-refractivity contribution in [2.24, 2.45) is 11.8 Å². The van der Waals surface area contributed by atoms with E-state index < -0.39 is 29.6 Å². The molecule has 1 aromatic carbocycles. The van der Waals surface area contributed by atoms with Gasteiger partial charge in [-0.05, 0) is 70.5 Å². The number of pyridine rings is 1. The van der Waals surface area contributed by atoms with E-state index in [-0.39, 0.29) is 23.8 Å². The lowest BCUT2D eigenvalue weighted by molar-refractivity contribution is -0.137. The number of carbonyl (C=O) groups is 2. The van der Waals surface area contributed by atoms with Crippen LogP contribution in [0.25, 0.3) is 0 Å². The zero-order valence-electron chi connectivity index (χ0n) is 22.5. The third-order valence-electron chi connectivity index (χ3n) is 8.42. The quantitative estimate of drug-likeness (QED) is 0.526. The molecule has 2 aromatic rings. The van der Waals surface area contributed by atoms with Crippen molar-refractivity contribution in [3.63, 3.8) is 0 Å². The van der Waals surface area contributed by atoms with Gasteiger partial charge >= 0.3 is 6.18 Å². The molecule has 0 unspecified atom stereocenters. The Hall–Kier alpha value is -2.85. The number of halogens is 4. The molecule has 4 heterocycles. The van der Waals surface area contributed by atoms with Gasteiger partial charge in [0.15, 0.2) is 0 Å². The number of anilines is 3. The van der Waals surface area contributed by atoms with Crippen molar-refractivity contribution in [2.75, 3.05) is 48.4 Å². The Morgan fingerprint density at radius 3 is 2.59 bits per heavy atom. The molecule has 0 saturated carbocycles. The van der Waals surface area contributed by atoms with E-state index in [2.05, 4.69) is 28.8 Å². The van der Waals surface area contributed by atoms with Gasteiger partial charge in [-0.25, -0.2) is 4.98 Å². The minimum atomic E-state index is -4.61. The lowest BCUT2D eigenvalue weighted by atomic mass is 9.90. The van der Waals surface area contributed by atoms with Gasteiger partial charge in [-0.15, -0.1) is 0 Å². The number of amides is 2. The number of rotatable bonds is 3. The maximum absolute atomic E-state index is 13.9. The highest BCUT2D eigenvalue weighted by Crippen LogP contribution is 2.43. The van der Waals surface area contributed by atoms with E-state index in [1.54, 1.807) is 19.2 Å². The van der Waals surface area contributed by atoms with Crippen molar-refractivity contribution >= 4 is 40.6 Å². The Morgan fingerprint density at radius 2 is 1.90 bits per heavy atom. The Bertz CT molecular complexity index is 1290. The summed E-state index contributed by atoms with van der Waals surface area (Å²) in [6, 6.07) is 6.64. The van der Waals surface area contributed by atoms with Crippen molar-refractivity contribution in [2.45, 2.75) is 51.4 Å². The van der Waals surface area contributed by atoms with Crippen LogP contribution in [0, 0.1) is 18.8 Å². The van der Waals surface area contributed by atoms with Crippen molar-refractivity contribution in [1.29, 1.82) is 0 Å². The zero-order valence-corrected chi connectivity index (χ0v) is 23.3. The summed E-state index contributed by atoms with van der Waals surface area (Å²) in [5.41, 5.74) is 0.583. The van der Waals surface area contributed by atoms with Gasteiger partial charge in [0.2, 0.25) is 11.8 Å². The molecule has 0 N–H and O–H groups in total. The number of likely N-dealkylation sites (N-methyl/N-ethyl adjacent to an activating group) is 1. The van der Waals surface area contributed by atoms with Crippen LogP contribution in [0.3, 0.4) is 0 Å². The first kappa shape index (κ1) is 27.7. The molecule has 2 amide bonds. The van der Waals surface area contributed by atoms with Crippen molar-refractivity contribution in [3.05, 3.63) is 46.6 Å². The van der Waals surface area contributed by atoms with Gasteiger partial charge in [0.1, 0.15) is 11.9 Å². The van der Waals surface area contributed by atoms with Crippen molar-refractivity contribution < 1.29 is 22.8 Å². The standard InChI is InChI=1S/C28H33ClF3N5O2/c1-16-10-20(28(30,31)32)13-23(33-16)37-24(38)12-19-15-36(14-18-8-9-34(3)17(2)11-18)26-21(29)6-5-7-22(26)35(4)27(39)25(19)37/h5-7,10,13,17-19,25H,8-9,11-12,14-15H2,1-4H3/t17-,18-,19+,25-/m0/s1. The number of nitrogens with zero attached hydrogens (tertiary/aromatic N) is 5. The van der Waals surface area contributed by atoms with E-state index in [0.29, 0.717) is 35.8 Å². The minimum absolute atomic E-state index is 0.0291. The average molecular weight is 564 g/mol. The zero-order chi connectivity index (χ0) is 28.2. The van der Waals surface area contributed by atoms with E-state index in [1.807, 2.05) is 6.07 Å². The number of aromatic nitrogens is 1. The summed E-state index contributed by atoms with van der Waals surface area (Å²) in [5, 5.41) is 0.517. The highest BCUT2D eigenvalue weighted by molar-refractivity contribution is 6.34. The van der Waals surface area contributed by atoms with Crippen LogP contribution in [0.2, 0.25) is 5.02 Å². The first-order chi connectivity index (χ1) is 18.3. The predicted molar refractivity (Wildman–Crippen MR) is 145 cm³/mol. The molecule has 0 radical (unpaired) electrons. The van der Waals surface area contributed by atoms with Gasteiger partial charge in [0.05, 0.1) is 22.0 Å². The molecule has 2 saturated heterocycles. The topological polar surface area (TPSA) is 60.0 Å². The van der Waals surface area contributed by atoms with Crippen LogP contribution in [0.15, 0.2) is 30.3 Å². The van der Waals surface area contributed by atoms with Gasteiger partial charge in [-0.2, -0.15) is 13.2 Å². The number of hydrogen-bond donors (Lipinski definition) is 0. The normalized spacial score (nSPS) is 26.4. The van der Waals surface area contributed by atoms with Crippen LogP contribution < -0.4 is 14.7 Å². The SMILES string of the molecule is Cc1cc(C(F)(F)F)cc(N2C(=O)C[C@@H]3CN(C[C@H]4CCN(C)[C@@H](C)C4)c4c(Cl)cccc4N(C)C(=O)[C@H]32)n1. The molecule has 39 heavy (non-hydrogen) atoms. The summed E-state index contributed by atoms with van der Waals surface area (Å²) in [6.07, 6.45) is -2.56. The summed E-state index contributed by atoms with van der Waals surface area (Å²) < 4.78 is 40.9. The highest BCUT2D eigenvalue weighted by atomic mass is 35.5. The molecule has 3 aliphatic rings. The second kappa shape index (κ2) is 10.3. The van der Waals surface area contributed by atoms with Crippen molar-refractivity contribution in [3.8, 4) is 0 Å². The average Bonchev–Trinajstić information content (AvgIpc) is 3.18. The maximum atomic E-state index is 13.9. The van der Waals surface area contributed by atoms with E-state index >= 15 is 0 Å². The third-order valence-corrected chi connectivity index (χ3v) is 8.73. The fourth-order valence-electron chi connectivity index (χ4n) is 6.29. The van der Waals surface area contributed by atoms with E-state index in [9.17, 15) is 22.8 Å². The van der Waals surface area contributed by atoms with Gasteiger partial charge in [-0.1, -0.05) is 17.7 Å². The first-order valence-corrected chi connectivity index (χ1v) is 13.6. The van der Waals surface area contributed by atoms with Crippen LogP contribution in [0.4, 0.5) is 30.4 Å². The minimum Gasteiger partial charge on any atom is -0.368 e. The Morgan fingerprint density at radius 1 is 1.15 bits per heavy atom.